The van der Waals surface area contributed by atoms with Crippen molar-refractivity contribution in [1.29, 1.82) is 0 Å². The molecule has 0 fully saturated rings. The molecule has 0 saturated heterocycles. The van der Waals surface area contributed by atoms with Crippen molar-refractivity contribution in [1.82, 2.24) is 20.1 Å². The third-order valence-corrected chi connectivity index (χ3v) is 4.03. The van der Waals surface area contributed by atoms with E-state index in [1.165, 1.54) is 17.7 Å². The molecule has 3 heterocycles. The predicted octanol–water partition coefficient (Wildman–Crippen LogP) is 2.23. The Bertz CT molecular complexity index is 815. The minimum absolute atomic E-state index is 0.163. The van der Waals surface area contributed by atoms with Crippen LogP contribution in [0.1, 0.15) is 12.3 Å². The lowest BCUT2D eigenvalue weighted by Crippen LogP contribution is -2.18. The molecule has 3 aromatic heterocycles. The van der Waals surface area contributed by atoms with E-state index in [1.54, 1.807) is 6.20 Å². The molecular weight excluding hydrogens is 328 g/mol. The highest BCUT2D eigenvalue weighted by Gasteiger charge is 2.13. The minimum Gasteiger partial charge on any atom is -0.361 e. The van der Waals surface area contributed by atoms with E-state index in [-0.39, 0.29) is 12.3 Å². The van der Waals surface area contributed by atoms with Crippen molar-refractivity contribution >= 4 is 28.7 Å². The lowest BCUT2D eigenvalue weighted by Gasteiger charge is -2.15. The number of nitrogens with zero attached hydrogens (tertiary/aromatic N) is 5. The van der Waals surface area contributed by atoms with E-state index in [2.05, 4.69) is 25.4 Å². The van der Waals surface area contributed by atoms with Crippen LogP contribution >= 0.6 is 11.3 Å². The Morgan fingerprint density at radius 1 is 1.42 bits per heavy atom. The Labute approximate surface area is 142 Å². The molecular formula is C15H16N6O2S. The van der Waals surface area contributed by atoms with Gasteiger partial charge >= 0.3 is 0 Å². The van der Waals surface area contributed by atoms with Crippen molar-refractivity contribution in [2.24, 2.45) is 0 Å². The molecule has 0 aliphatic heterocycles. The largest absolute Gasteiger partial charge is 0.361 e. The fourth-order valence-electron chi connectivity index (χ4n) is 2.06. The van der Waals surface area contributed by atoms with Crippen LogP contribution in [0.4, 0.5) is 11.5 Å². The number of nitrogens with one attached hydrogen (secondary N) is 1. The fourth-order valence-corrected chi connectivity index (χ4v) is 2.71. The molecule has 3 aromatic rings. The van der Waals surface area contributed by atoms with E-state index in [0.29, 0.717) is 29.6 Å². The molecule has 0 atom stereocenters. The highest BCUT2D eigenvalue weighted by Crippen LogP contribution is 2.22. The summed E-state index contributed by atoms with van der Waals surface area (Å²) in [5.74, 6) is 1.47. The fraction of sp³-hybridized carbons (Fsp3) is 0.267. The highest BCUT2D eigenvalue weighted by molar-refractivity contribution is 7.13. The first-order valence-electron chi connectivity index (χ1n) is 7.27. The lowest BCUT2D eigenvalue weighted by molar-refractivity contribution is -0.116. The van der Waals surface area contributed by atoms with Gasteiger partial charge in [-0.1, -0.05) is 11.2 Å². The standard InChI is InChI=1S/C15H16N6O2S/c1-21(2)15-10(8-16-9-17-15)18-12(22)5-6-13-19-14(20-23-13)11-4-3-7-24-11/h3-4,7-9H,5-6H2,1-2H3,(H,18,22). The first-order chi connectivity index (χ1) is 11.6. The number of hydrogen-bond acceptors (Lipinski definition) is 8. The molecule has 0 aliphatic rings. The average Bonchev–Trinajstić information content (AvgIpc) is 3.24. The summed E-state index contributed by atoms with van der Waals surface area (Å²) in [6.07, 6.45) is 3.61. The highest BCUT2D eigenvalue weighted by atomic mass is 32.1. The van der Waals surface area contributed by atoms with Gasteiger partial charge in [0, 0.05) is 26.9 Å². The number of anilines is 2. The number of rotatable bonds is 6. The Morgan fingerprint density at radius 2 is 2.29 bits per heavy atom. The van der Waals surface area contributed by atoms with E-state index in [9.17, 15) is 4.79 Å². The van der Waals surface area contributed by atoms with Gasteiger partial charge in [-0.25, -0.2) is 9.97 Å². The van der Waals surface area contributed by atoms with Gasteiger partial charge < -0.3 is 14.7 Å². The van der Waals surface area contributed by atoms with Gasteiger partial charge in [-0.2, -0.15) is 4.98 Å². The maximum Gasteiger partial charge on any atom is 0.227 e. The number of carbonyl (C=O) groups excluding carboxylic acids is 1. The van der Waals surface area contributed by atoms with Crippen LogP contribution in [0.15, 0.2) is 34.6 Å². The molecule has 1 N–H and O–H groups in total. The van der Waals surface area contributed by atoms with Gasteiger partial charge in [-0.3, -0.25) is 4.79 Å². The third kappa shape index (κ3) is 3.74. The second-order valence-electron chi connectivity index (χ2n) is 5.19. The van der Waals surface area contributed by atoms with E-state index in [4.69, 9.17) is 4.52 Å². The van der Waals surface area contributed by atoms with Gasteiger partial charge in [0.05, 0.1) is 11.1 Å². The summed E-state index contributed by atoms with van der Waals surface area (Å²) in [5.41, 5.74) is 0.567. The molecule has 0 aliphatic carbocycles. The topological polar surface area (TPSA) is 97.0 Å². The number of aryl methyl sites for hydroxylation is 1. The molecule has 9 heteroatoms. The Balaban J connectivity index is 1.58. The number of aromatic nitrogens is 4. The second kappa shape index (κ2) is 7.18. The van der Waals surface area contributed by atoms with Crippen molar-refractivity contribution in [2.75, 3.05) is 24.3 Å². The number of carbonyl (C=O) groups is 1. The molecule has 24 heavy (non-hydrogen) atoms. The van der Waals surface area contributed by atoms with Gasteiger partial charge in [0.2, 0.25) is 17.6 Å². The van der Waals surface area contributed by atoms with Crippen LogP contribution in [-0.2, 0) is 11.2 Å². The minimum atomic E-state index is -0.163. The predicted molar refractivity (Wildman–Crippen MR) is 90.9 cm³/mol. The van der Waals surface area contributed by atoms with E-state index in [1.807, 2.05) is 36.5 Å². The average molecular weight is 344 g/mol. The van der Waals surface area contributed by atoms with E-state index < -0.39 is 0 Å². The molecule has 0 unspecified atom stereocenters. The van der Waals surface area contributed by atoms with Crippen LogP contribution in [0.25, 0.3) is 10.7 Å². The zero-order valence-corrected chi connectivity index (χ0v) is 14.1. The summed E-state index contributed by atoms with van der Waals surface area (Å²) in [4.78, 5) is 27.2. The van der Waals surface area contributed by atoms with Crippen LogP contribution in [0.3, 0.4) is 0 Å². The summed E-state index contributed by atoms with van der Waals surface area (Å²) >= 11 is 1.54. The van der Waals surface area contributed by atoms with Gasteiger partial charge in [-0.15, -0.1) is 11.3 Å². The summed E-state index contributed by atoms with van der Waals surface area (Å²) in [6, 6.07) is 3.85. The maximum absolute atomic E-state index is 12.1. The first-order valence-corrected chi connectivity index (χ1v) is 8.15. The van der Waals surface area contributed by atoms with Crippen molar-refractivity contribution in [3.8, 4) is 10.7 Å². The summed E-state index contributed by atoms with van der Waals surface area (Å²) in [6.45, 7) is 0. The molecule has 0 spiro atoms. The maximum atomic E-state index is 12.1. The molecule has 3 rings (SSSR count). The zero-order chi connectivity index (χ0) is 16.9. The van der Waals surface area contributed by atoms with Crippen LogP contribution in [0.5, 0.6) is 0 Å². The van der Waals surface area contributed by atoms with Crippen molar-refractivity contribution < 1.29 is 9.32 Å². The lowest BCUT2D eigenvalue weighted by atomic mass is 10.3. The number of thiophene rings is 1. The van der Waals surface area contributed by atoms with Crippen LogP contribution < -0.4 is 10.2 Å². The second-order valence-corrected chi connectivity index (χ2v) is 6.14. The SMILES string of the molecule is CN(C)c1ncncc1NC(=O)CCc1nc(-c2cccs2)no1. The van der Waals surface area contributed by atoms with Crippen LogP contribution in [0, 0.1) is 0 Å². The molecule has 0 radical (unpaired) electrons. The summed E-state index contributed by atoms with van der Waals surface area (Å²) in [5, 5.41) is 8.67. The summed E-state index contributed by atoms with van der Waals surface area (Å²) < 4.78 is 5.18. The third-order valence-electron chi connectivity index (χ3n) is 3.16. The molecule has 0 bridgehead atoms. The Kier molecular flexibility index (Phi) is 4.80. The monoisotopic (exact) mass is 344 g/mol. The van der Waals surface area contributed by atoms with Gasteiger partial charge in [0.25, 0.3) is 0 Å². The smallest absolute Gasteiger partial charge is 0.227 e. The molecule has 8 nitrogen and oxygen atoms in total. The number of amides is 1. The quantitative estimate of drug-likeness (QED) is 0.732. The van der Waals surface area contributed by atoms with Crippen LogP contribution in [-0.4, -0.2) is 40.1 Å². The van der Waals surface area contributed by atoms with E-state index in [0.717, 1.165) is 4.88 Å². The molecule has 1 amide bonds. The van der Waals surface area contributed by atoms with E-state index >= 15 is 0 Å². The molecule has 0 saturated carbocycles. The molecule has 124 valence electrons. The van der Waals surface area contributed by atoms with Gasteiger partial charge in [-0.05, 0) is 11.4 Å². The van der Waals surface area contributed by atoms with Crippen molar-refractivity contribution in [3.63, 3.8) is 0 Å². The van der Waals surface area contributed by atoms with Gasteiger partial charge in [0.15, 0.2) is 5.82 Å². The van der Waals surface area contributed by atoms with Gasteiger partial charge in [0.1, 0.15) is 12.0 Å². The van der Waals surface area contributed by atoms with Crippen molar-refractivity contribution in [2.45, 2.75) is 12.8 Å². The first kappa shape index (κ1) is 16.1. The Hall–Kier alpha value is -2.81. The van der Waals surface area contributed by atoms with Crippen molar-refractivity contribution in [3.05, 3.63) is 35.9 Å². The molecule has 0 aromatic carbocycles. The summed E-state index contributed by atoms with van der Waals surface area (Å²) in [7, 11) is 3.70. The Morgan fingerprint density at radius 3 is 3.04 bits per heavy atom. The normalized spacial score (nSPS) is 10.6. The zero-order valence-electron chi connectivity index (χ0n) is 13.3. The van der Waals surface area contributed by atoms with Crippen LogP contribution in [0.2, 0.25) is 0 Å². The number of hydrogen-bond donors (Lipinski definition) is 1.